The van der Waals surface area contributed by atoms with Gasteiger partial charge in [-0.25, -0.2) is 4.79 Å². The van der Waals surface area contributed by atoms with Crippen LogP contribution in [0.4, 0.5) is 10.5 Å². The van der Waals surface area contributed by atoms with Gasteiger partial charge in [-0.1, -0.05) is 32.8 Å². The number of allylic oxidation sites excluding steroid dienone is 1. The highest BCUT2D eigenvalue weighted by atomic mass is 16.6. The van der Waals surface area contributed by atoms with Gasteiger partial charge in [0.2, 0.25) is 0 Å². The maximum Gasteiger partial charge on any atom is 0.410 e. The van der Waals surface area contributed by atoms with Gasteiger partial charge in [0, 0.05) is 29.9 Å². The van der Waals surface area contributed by atoms with Crippen LogP contribution in [-0.2, 0) is 4.74 Å². The van der Waals surface area contributed by atoms with Gasteiger partial charge < -0.3 is 15.4 Å². The normalized spacial score (nSPS) is 22.0. The van der Waals surface area contributed by atoms with Gasteiger partial charge in [-0.05, 0) is 70.1 Å². The van der Waals surface area contributed by atoms with Crippen molar-refractivity contribution in [2.75, 3.05) is 6.54 Å². The number of likely N-dealkylation sites (tertiary alicyclic amines) is 1. The van der Waals surface area contributed by atoms with Crippen molar-refractivity contribution in [2.24, 2.45) is 10.7 Å². The Morgan fingerprint density at radius 2 is 2.03 bits per heavy atom. The molecule has 0 aromatic heterocycles. The molecule has 0 spiro atoms. The van der Waals surface area contributed by atoms with Crippen LogP contribution in [0.1, 0.15) is 96.6 Å². The van der Waals surface area contributed by atoms with Gasteiger partial charge in [-0.15, -0.1) is 0 Å². The highest BCUT2D eigenvalue weighted by Gasteiger charge is 2.36. The Labute approximate surface area is 198 Å². The van der Waals surface area contributed by atoms with Gasteiger partial charge in [0.15, 0.2) is 0 Å². The molecular weight excluding hydrogens is 412 g/mol. The van der Waals surface area contributed by atoms with E-state index >= 15 is 0 Å². The van der Waals surface area contributed by atoms with E-state index in [2.05, 4.69) is 26.0 Å². The van der Waals surface area contributed by atoms with Crippen LogP contribution in [0, 0.1) is 11.3 Å². The summed E-state index contributed by atoms with van der Waals surface area (Å²) in [5.74, 6) is 0.566. The van der Waals surface area contributed by atoms with Crippen molar-refractivity contribution in [1.29, 1.82) is 5.26 Å². The molecule has 178 valence electrons. The second-order valence-corrected chi connectivity index (χ2v) is 10.1. The van der Waals surface area contributed by atoms with Crippen LogP contribution in [-0.4, -0.2) is 34.9 Å². The molecule has 1 aliphatic heterocycles. The second-order valence-electron chi connectivity index (χ2n) is 10.1. The number of aliphatic imine (C=N–C) groups is 1. The zero-order valence-electron chi connectivity index (χ0n) is 20.8. The molecule has 0 radical (unpaired) electrons. The molecule has 2 aliphatic rings. The third-order valence-corrected chi connectivity index (χ3v) is 6.46. The van der Waals surface area contributed by atoms with Gasteiger partial charge in [0.1, 0.15) is 11.7 Å². The molecule has 1 amide bonds. The number of nitrogens with two attached hydrogens (primary N) is 1. The van der Waals surface area contributed by atoms with Crippen LogP contribution in [0.5, 0.6) is 0 Å². The summed E-state index contributed by atoms with van der Waals surface area (Å²) >= 11 is 0. The number of hydrogen-bond donors (Lipinski definition) is 1. The summed E-state index contributed by atoms with van der Waals surface area (Å²) < 4.78 is 5.68. The van der Waals surface area contributed by atoms with Crippen molar-refractivity contribution < 1.29 is 9.53 Å². The number of amides is 1. The molecule has 1 atom stereocenters. The summed E-state index contributed by atoms with van der Waals surface area (Å²) in [6.07, 6.45) is 6.25. The molecule has 1 aliphatic carbocycles. The Balaban J connectivity index is 1.99. The standard InChI is InChI=1S/C27H38N4O2/c1-6-9-21(29)25-23(14-15-31(24(25)7-2)26(32)33-27(3,4)5)30-22-13-12-19(16-20(22)17-28)18-10-8-11-18/h12-13,16,18,24H,6-11,14-15,29H2,1-5H3/b25-21+,30-23?. The van der Waals surface area contributed by atoms with Crippen LogP contribution in [0.3, 0.4) is 0 Å². The molecule has 3 rings (SSSR count). The van der Waals surface area contributed by atoms with E-state index < -0.39 is 5.60 Å². The minimum Gasteiger partial charge on any atom is -0.444 e. The zero-order valence-corrected chi connectivity index (χ0v) is 20.8. The van der Waals surface area contributed by atoms with Crippen molar-refractivity contribution in [3.8, 4) is 6.07 Å². The van der Waals surface area contributed by atoms with Crippen molar-refractivity contribution in [3.05, 3.63) is 40.6 Å². The van der Waals surface area contributed by atoms with Crippen molar-refractivity contribution >= 4 is 17.5 Å². The maximum absolute atomic E-state index is 13.0. The lowest BCUT2D eigenvalue weighted by atomic mass is 9.79. The van der Waals surface area contributed by atoms with E-state index in [4.69, 9.17) is 15.5 Å². The van der Waals surface area contributed by atoms with E-state index in [0.717, 1.165) is 29.8 Å². The fourth-order valence-electron chi connectivity index (χ4n) is 4.63. The van der Waals surface area contributed by atoms with E-state index in [1.54, 1.807) is 4.90 Å². The summed E-state index contributed by atoms with van der Waals surface area (Å²) in [7, 11) is 0. The summed E-state index contributed by atoms with van der Waals surface area (Å²) in [6.45, 7) is 10.3. The Morgan fingerprint density at radius 3 is 2.58 bits per heavy atom. The number of benzene rings is 1. The first-order chi connectivity index (χ1) is 15.7. The number of ether oxygens (including phenoxy) is 1. The number of rotatable bonds is 5. The van der Waals surface area contributed by atoms with Gasteiger partial charge in [-0.2, -0.15) is 5.26 Å². The van der Waals surface area contributed by atoms with Crippen LogP contribution in [0.2, 0.25) is 0 Å². The van der Waals surface area contributed by atoms with Crippen LogP contribution in [0.15, 0.2) is 34.5 Å². The van der Waals surface area contributed by atoms with Gasteiger partial charge in [0.05, 0.1) is 17.3 Å². The van der Waals surface area contributed by atoms with Crippen molar-refractivity contribution in [2.45, 2.75) is 97.1 Å². The molecule has 2 fully saturated rings. The molecule has 6 nitrogen and oxygen atoms in total. The van der Waals surface area contributed by atoms with Gasteiger partial charge >= 0.3 is 6.09 Å². The monoisotopic (exact) mass is 450 g/mol. The third-order valence-electron chi connectivity index (χ3n) is 6.46. The Hall–Kier alpha value is -2.81. The third kappa shape index (κ3) is 5.76. The van der Waals surface area contributed by atoms with Crippen LogP contribution in [0.25, 0.3) is 0 Å². The second kappa shape index (κ2) is 10.4. The number of nitriles is 1. The van der Waals surface area contributed by atoms with Crippen molar-refractivity contribution in [1.82, 2.24) is 4.90 Å². The summed E-state index contributed by atoms with van der Waals surface area (Å²) in [6, 6.07) is 8.21. The Kier molecular flexibility index (Phi) is 7.84. The van der Waals surface area contributed by atoms with Crippen LogP contribution >= 0.6 is 0 Å². The van der Waals surface area contributed by atoms with Crippen LogP contribution < -0.4 is 5.73 Å². The lowest BCUT2D eigenvalue weighted by Gasteiger charge is -2.39. The first-order valence-electron chi connectivity index (χ1n) is 12.3. The highest BCUT2D eigenvalue weighted by Crippen LogP contribution is 2.38. The number of carbonyl (C=O) groups is 1. The summed E-state index contributed by atoms with van der Waals surface area (Å²) in [4.78, 5) is 19.7. The minimum absolute atomic E-state index is 0.196. The molecule has 1 aromatic rings. The number of hydrogen-bond acceptors (Lipinski definition) is 5. The minimum atomic E-state index is -0.563. The SMILES string of the molecule is CCC/C(N)=C1/C(=Nc2ccc(C3CCC3)cc2C#N)CCN(C(=O)OC(C)(C)C)C1CC. The first-order valence-corrected chi connectivity index (χ1v) is 12.3. The molecule has 1 saturated carbocycles. The predicted molar refractivity (Wildman–Crippen MR) is 133 cm³/mol. The molecule has 33 heavy (non-hydrogen) atoms. The summed E-state index contributed by atoms with van der Waals surface area (Å²) in [5, 5.41) is 9.80. The first kappa shape index (κ1) is 24.8. The van der Waals surface area contributed by atoms with E-state index in [0.29, 0.717) is 36.6 Å². The average molecular weight is 451 g/mol. The van der Waals surface area contributed by atoms with E-state index in [1.807, 2.05) is 32.9 Å². The largest absolute Gasteiger partial charge is 0.444 e. The molecule has 6 heteroatoms. The molecule has 0 bridgehead atoms. The molecule has 1 aromatic carbocycles. The number of carbonyl (C=O) groups excluding carboxylic acids is 1. The number of nitrogens with zero attached hydrogens (tertiary/aromatic N) is 3. The van der Waals surface area contributed by atoms with Crippen molar-refractivity contribution in [3.63, 3.8) is 0 Å². The van der Waals surface area contributed by atoms with Gasteiger partial charge in [-0.3, -0.25) is 4.99 Å². The average Bonchev–Trinajstić information content (AvgIpc) is 2.71. The fourth-order valence-corrected chi connectivity index (χ4v) is 4.63. The Bertz CT molecular complexity index is 977. The maximum atomic E-state index is 13.0. The Morgan fingerprint density at radius 1 is 1.30 bits per heavy atom. The number of piperidine rings is 1. The van der Waals surface area contributed by atoms with Gasteiger partial charge in [0.25, 0.3) is 0 Å². The predicted octanol–water partition coefficient (Wildman–Crippen LogP) is 6.33. The highest BCUT2D eigenvalue weighted by molar-refractivity contribution is 6.05. The smallest absolute Gasteiger partial charge is 0.410 e. The lowest BCUT2D eigenvalue weighted by Crippen LogP contribution is -2.50. The topological polar surface area (TPSA) is 91.7 Å². The van der Waals surface area contributed by atoms with E-state index in [9.17, 15) is 10.1 Å². The van der Waals surface area contributed by atoms with E-state index in [1.165, 1.54) is 24.8 Å². The lowest BCUT2D eigenvalue weighted by molar-refractivity contribution is 0.0185. The fraction of sp³-hybridized carbons (Fsp3) is 0.593. The zero-order chi connectivity index (χ0) is 24.2. The van der Waals surface area contributed by atoms with E-state index in [-0.39, 0.29) is 12.1 Å². The summed E-state index contributed by atoms with van der Waals surface area (Å²) in [5.41, 5.74) is 11.1. The molecule has 1 saturated heterocycles. The molecular formula is C27H38N4O2. The quantitative estimate of drug-likeness (QED) is 0.567. The molecule has 1 unspecified atom stereocenters. The molecule has 2 N–H and O–H groups in total. The molecule has 1 heterocycles.